The molecule has 0 saturated heterocycles. The van der Waals surface area contributed by atoms with Gasteiger partial charge in [-0.3, -0.25) is 4.57 Å². The topological polar surface area (TPSA) is 17.8 Å². The van der Waals surface area contributed by atoms with Crippen LogP contribution in [0.15, 0.2) is 79.1 Å². The van der Waals surface area contributed by atoms with E-state index < -0.39 is 0 Å². The van der Waals surface area contributed by atoms with Crippen LogP contribution in [0.2, 0.25) is 0 Å². The molecule has 0 N–H and O–H groups in total. The first-order chi connectivity index (χ1) is 15.4. The Morgan fingerprint density at radius 2 is 1.22 bits per heavy atom. The number of hydrogen-bond acceptors (Lipinski definition) is 1. The van der Waals surface area contributed by atoms with E-state index in [2.05, 4.69) is 119 Å². The summed E-state index contributed by atoms with van der Waals surface area (Å²) in [7, 11) is 0. The largest absolute Gasteiger partial charge is 0.299 e. The van der Waals surface area contributed by atoms with Gasteiger partial charge in [-0.05, 0) is 51.6 Å². The Kier molecular flexibility index (Phi) is 6.32. The molecule has 4 aromatic rings. The number of imidazole rings is 1. The third-order valence-electron chi connectivity index (χ3n) is 6.21. The molecule has 0 unspecified atom stereocenters. The minimum Gasteiger partial charge on any atom is -0.299 e. The second-order valence-electron chi connectivity index (χ2n) is 9.58. The molecule has 1 aromatic heterocycles. The number of nitrogens with zero attached hydrogens (tertiary/aromatic N) is 2. The Hall–Kier alpha value is -3.13. The molecular weight excluding hydrogens is 388 g/mol. The highest BCUT2D eigenvalue weighted by molar-refractivity contribution is 5.71. The zero-order chi connectivity index (χ0) is 22.8. The lowest BCUT2D eigenvalue weighted by molar-refractivity contribution is 0.784. The van der Waals surface area contributed by atoms with Crippen LogP contribution in [0.1, 0.15) is 76.0 Å². The maximum atomic E-state index is 4.82. The fourth-order valence-electron chi connectivity index (χ4n) is 4.36. The smallest absolute Gasteiger partial charge is 0.144 e. The predicted octanol–water partition coefficient (Wildman–Crippen LogP) is 8.58. The summed E-state index contributed by atoms with van der Waals surface area (Å²) in [4.78, 5) is 4.82. The zero-order valence-corrected chi connectivity index (χ0v) is 20.1. The van der Waals surface area contributed by atoms with Crippen LogP contribution in [0.3, 0.4) is 0 Å². The number of aromatic nitrogens is 2. The van der Waals surface area contributed by atoms with Gasteiger partial charge in [-0.25, -0.2) is 4.98 Å². The van der Waals surface area contributed by atoms with Gasteiger partial charge in [0.1, 0.15) is 5.82 Å². The first kappa shape index (κ1) is 22.1. The van der Waals surface area contributed by atoms with E-state index in [-0.39, 0.29) is 0 Å². The number of rotatable bonds is 6. The second kappa shape index (κ2) is 9.16. The van der Waals surface area contributed by atoms with Crippen LogP contribution in [0.25, 0.3) is 28.2 Å². The van der Waals surface area contributed by atoms with E-state index in [0.29, 0.717) is 17.8 Å². The summed E-state index contributed by atoms with van der Waals surface area (Å²) in [6.45, 7) is 13.7. The number of hydrogen-bond donors (Lipinski definition) is 0. The van der Waals surface area contributed by atoms with Gasteiger partial charge in [-0.15, -0.1) is 0 Å². The minimum absolute atomic E-state index is 0.423. The summed E-state index contributed by atoms with van der Waals surface area (Å²) in [6.07, 6.45) is 4.04. The fourth-order valence-corrected chi connectivity index (χ4v) is 4.36. The summed E-state index contributed by atoms with van der Waals surface area (Å²) < 4.78 is 2.30. The van der Waals surface area contributed by atoms with Crippen LogP contribution in [0.5, 0.6) is 0 Å². The molecule has 0 aliphatic heterocycles. The Morgan fingerprint density at radius 1 is 0.625 bits per heavy atom. The van der Waals surface area contributed by atoms with Gasteiger partial charge in [0, 0.05) is 18.0 Å². The van der Waals surface area contributed by atoms with Crippen molar-refractivity contribution < 1.29 is 0 Å². The van der Waals surface area contributed by atoms with Gasteiger partial charge in [0.25, 0.3) is 0 Å². The van der Waals surface area contributed by atoms with Gasteiger partial charge in [0.2, 0.25) is 0 Å². The van der Waals surface area contributed by atoms with Crippen molar-refractivity contribution in [2.75, 3.05) is 0 Å². The van der Waals surface area contributed by atoms with Crippen molar-refractivity contribution in [3.05, 3.63) is 95.8 Å². The molecule has 2 heteroatoms. The molecule has 0 amide bonds. The van der Waals surface area contributed by atoms with Crippen LogP contribution < -0.4 is 0 Å². The average molecular weight is 423 g/mol. The summed E-state index contributed by atoms with van der Waals surface area (Å²) in [5.74, 6) is 2.34. The van der Waals surface area contributed by atoms with Crippen LogP contribution in [-0.4, -0.2) is 9.55 Å². The van der Waals surface area contributed by atoms with Gasteiger partial charge in [-0.1, -0.05) is 102 Å². The van der Waals surface area contributed by atoms with E-state index >= 15 is 0 Å². The number of benzene rings is 3. The standard InChI is InChI=1S/C30H34N2/c1-20(2)26-18-27(21(3)4)29(28(19-26)22(5)6)32-16-15-31-30(32)25-14-10-13-24(17-25)23-11-8-7-9-12-23/h7-22H,1-6H3. The molecule has 1 heterocycles. The molecule has 0 bridgehead atoms. The maximum absolute atomic E-state index is 4.82. The predicted molar refractivity (Wildman–Crippen MR) is 137 cm³/mol. The third kappa shape index (κ3) is 4.27. The Labute approximate surface area is 193 Å². The molecule has 164 valence electrons. The van der Waals surface area contributed by atoms with Crippen molar-refractivity contribution in [1.29, 1.82) is 0 Å². The summed E-state index contributed by atoms with van der Waals surface area (Å²) in [6, 6.07) is 24.1. The van der Waals surface area contributed by atoms with E-state index in [1.165, 1.54) is 33.5 Å². The molecule has 0 atom stereocenters. The molecule has 3 aromatic carbocycles. The van der Waals surface area contributed by atoms with Crippen LogP contribution in [0.4, 0.5) is 0 Å². The first-order valence-corrected chi connectivity index (χ1v) is 11.7. The molecule has 0 aliphatic rings. The van der Waals surface area contributed by atoms with Crippen molar-refractivity contribution in [2.24, 2.45) is 0 Å². The molecule has 0 spiro atoms. The van der Waals surface area contributed by atoms with Crippen LogP contribution >= 0.6 is 0 Å². The molecule has 0 saturated carbocycles. The lowest BCUT2D eigenvalue weighted by atomic mass is 9.87. The van der Waals surface area contributed by atoms with Crippen LogP contribution in [0, 0.1) is 0 Å². The first-order valence-electron chi connectivity index (χ1n) is 11.7. The lowest BCUT2D eigenvalue weighted by Gasteiger charge is -2.24. The Balaban J connectivity index is 1.91. The zero-order valence-electron chi connectivity index (χ0n) is 20.1. The fraction of sp³-hybridized carbons (Fsp3) is 0.300. The monoisotopic (exact) mass is 422 g/mol. The van der Waals surface area contributed by atoms with Gasteiger partial charge in [-0.2, -0.15) is 0 Å². The molecule has 4 rings (SSSR count). The van der Waals surface area contributed by atoms with Crippen molar-refractivity contribution in [2.45, 2.75) is 59.3 Å². The molecule has 32 heavy (non-hydrogen) atoms. The van der Waals surface area contributed by atoms with Crippen molar-refractivity contribution in [1.82, 2.24) is 9.55 Å². The highest BCUT2D eigenvalue weighted by Crippen LogP contribution is 2.37. The SMILES string of the molecule is CC(C)c1cc(C(C)C)c(-n2ccnc2-c2cccc(-c3ccccc3)c2)c(C(C)C)c1. The van der Waals surface area contributed by atoms with Gasteiger partial charge in [0.15, 0.2) is 0 Å². The Bertz CT molecular complexity index is 1170. The Morgan fingerprint density at radius 3 is 1.81 bits per heavy atom. The highest BCUT2D eigenvalue weighted by Gasteiger charge is 2.21. The molecule has 0 aliphatic carbocycles. The van der Waals surface area contributed by atoms with Crippen LogP contribution in [-0.2, 0) is 0 Å². The quantitative estimate of drug-likeness (QED) is 0.304. The van der Waals surface area contributed by atoms with Gasteiger partial charge >= 0.3 is 0 Å². The highest BCUT2D eigenvalue weighted by atomic mass is 15.1. The molecular formula is C30H34N2. The van der Waals surface area contributed by atoms with Crippen molar-refractivity contribution in [3.8, 4) is 28.2 Å². The van der Waals surface area contributed by atoms with Crippen molar-refractivity contribution in [3.63, 3.8) is 0 Å². The van der Waals surface area contributed by atoms with Crippen molar-refractivity contribution >= 4 is 0 Å². The molecule has 0 radical (unpaired) electrons. The third-order valence-corrected chi connectivity index (χ3v) is 6.21. The summed E-state index contributed by atoms with van der Waals surface area (Å²) in [5, 5.41) is 0. The van der Waals surface area contributed by atoms with E-state index in [0.717, 1.165) is 11.4 Å². The minimum atomic E-state index is 0.423. The normalized spacial score (nSPS) is 11.7. The van der Waals surface area contributed by atoms with E-state index in [9.17, 15) is 0 Å². The second-order valence-corrected chi connectivity index (χ2v) is 9.58. The van der Waals surface area contributed by atoms with Gasteiger partial charge < -0.3 is 0 Å². The summed E-state index contributed by atoms with van der Waals surface area (Å²) in [5.41, 5.74) is 9.04. The maximum Gasteiger partial charge on any atom is 0.144 e. The lowest BCUT2D eigenvalue weighted by Crippen LogP contribution is -2.10. The van der Waals surface area contributed by atoms with Gasteiger partial charge in [0.05, 0.1) is 5.69 Å². The van der Waals surface area contributed by atoms with E-state index in [1.807, 2.05) is 6.20 Å². The molecule has 0 fully saturated rings. The summed E-state index contributed by atoms with van der Waals surface area (Å²) >= 11 is 0. The van der Waals surface area contributed by atoms with E-state index in [4.69, 9.17) is 4.98 Å². The van der Waals surface area contributed by atoms with E-state index in [1.54, 1.807) is 0 Å². The average Bonchev–Trinajstić information content (AvgIpc) is 3.28. The molecule has 2 nitrogen and oxygen atoms in total.